The number of pyridine rings is 1. The van der Waals surface area contributed by atoms with Crippen LogP contribution in [0.25, 0.3) is 0 Å². The molecule has 18 heavy (non-hydrogen) atoms. The van der Waals surface area contributed by atoms with Gasteiger partial charge >= 0.3 is 0 Å². The van der Waals surface area contributed by atoms with Gasteiger partial charge in [-0.15, -0.1) is 0 Å². The van der Waals surface area contributed by atoms with Crippen LogP contribution in [0.4, 0.5) is 14.6 Å². The summed E-state index contributed by atoms with van der Waals surface area (Å²) in [6.07, 6.45) is 0. The fourth-order valence-corrected chi connectivity index (χ4v) is 1.97. The molecule has 1 N–H and O–H groups in total. The van der Waals surface area contributed by atoms with Gasteiger partial charge < -0.3 is 5.32 Å². The van der Waals surface area contributed by atoms with Gasteiger partial charge in [-0.25, -0.2) is 9.37 Å². The predicted molar refractivity (Wildman–Crippen MR) is 70.3 cm³/mol. The van der Waals surface area contributed by atoms with Crippen molar-refractivity contribution in [3.05, 3.63) is 58.2 Å². The minimum atomic E-state index is -0.566. The maximum atomic E-state index is 13.7. The van der Waals surface area contributed by atoms with E-state index in [-0.39, 0.29) is 11.9 Å². The van der Waals surface area contributed by atoms with Crippen LogP contribution in [0.15, 0.2) is 40.9 Å². The molecule has 0 saturated heterocycles. The highest BCUT2D eigenvalue weighted by Crippen LogP contribution is 2.23. The number of nitrogens with zero attached hydrogens (tertiary/aromatic N) is 1. The third kappa shape index (κ3) is 3.04. The molecule has 0 bridgehead atoms. The van der Waals surface area contributed by atoms with Gasteiger partial charge in [0.05, 0.1) is 6.04 Å². The van der Waals surface area contributed by atoms with E-state index < -0.39 is 5.95 Å². The van der Waals surface area contributed by atoms with Crippen molar-refractivity contribution in [3.8, 4) is 0 Å². The molecule has 1 heterocycles. The third-order valence-electron chi connectivity index (χ3n) is 2.51. The Kier molecular flexibility index (Phi) is 3.91. The van der Waals surface area contributed by atoms with E-state index in [1.807, 2.05) is 0 Å². The molecule has 0 fully saturated rings. The van der Waals surface area contributed by atoms with Crippen molar-refractivity contribution in [2.75, 3.05) is 5.32 Å². The van der Waals surface area contributed by atoms with Crippen LogP contribution in [-0.2, 0) is 0 Å². The summed E-state index contributed by atoms with van der Waals surface area (Å²) in [7, 11) is 0. The van der Waals surface area contributed by atoms with E-state index >= 15 is 0 Å². The van der Waals surface area contributed by atoms with Crippen molar-refractivity contribution in [1.82, 2.24) is 4.98 Å². The molecule has 2 aromatic rings. The topological polar surface area (TPSA) is 24.9 Å². The van der Waals surface area contributed by atoms with Gasteiger partial charge in [-0.2, -0.15) is 4.39 Å². The van der Waals surface area contributed by atoms with E-state index in [4.69, 9.17) is 0 Å². The lowest BCUT2D eigenvalue weighted by Crippen LogP contribution is -2.10. The highest BCUT2D eigenvalue weighted by molar-refractivity contribution is 9.10. The zero-order chi connectivity index (χ0) is 13.1. The number of nitrogens with one attached hydrogen (secondary N) is 1. The number of hydrogen-bond donors (Lipinski definition) is 1. The molecule has 0 saturated carbocycles. The van der Waals surface area contributed by atoms with Crippen LogP contribution in [0, 0.1) is 11.8 Å². The van der Waals surface area contributed by atoms with Crippen LogP contribution in [0.1, 0.15) is 18.5 Å². The third-order valence-corrected chi connectivity index (χ3v) is 3.00. The lowest BCUT2D eigenvalue weighted by atomic mass is 10.1. The lowest BCUT2D eigenvalue weighted by Gasteiger charge is -2.15. The number of hydrogen-bond acceptors (Lipinski definition) is 2. The largest absolute Gasteiger partial charge is 0.363 e. The van der Waals surface area contributed by atoms with Gasteiger partial charge in [0, 0.05) is 10.0 Å². The molecule has 0 spiro atoms. The average molecular weight is 313 g/mol. The van der Waals surface area contributed by atoms with Gasteiger partial charge in [0.15, 0.2) is 0 Å². The van der Waals surface area contributed by atoms with Crippen LogP contribution in [-0.4, -0.2) is 4.98 Å². The van der Waals surface area contributed by atoms with Gasteiger partial charge in [-0.1, -0.05) is 28.1 Å². The fraction of sp³-hybridized carbons (Fsp3) is 0.154. The normalized spacial score (nSPS) is 12.2. The molecule has 5 heteroatoms. The van der Waals surface area contributed by atoms with E-state index in [0.29, 0.717) is 15.9 Å². The SMILES string of the molecule is CC(Nc1cccc(F)n1)c1ccc(Br)cc1F. The van der Waals surface area contributed by atoms with Crippen molar-refractivity contribution in [2.45, 2.75) is 13.0 Å². The summed E-state index contributed by atoms with van der Waals surface area (Å²) < 4.78 is 27.3. The lowest BCUT2D eigenvalue weighted by molar-refractivity contribution is 0.582. The second-order valence-corrected chi connectivity index (χ2v) is 4.79. The predicted octanol–water partition coefficient (Wildman–Crippen LogP) is 4.30. The van der Waals surface area contributed by atoms with E-state index in [2.05, 4.69) is 26.2 Å². The zero-order valence-electron chi connectivity index (χ0n) is 9.62. The van der Waals surface area contributed by atoms with Gasteiger partial charge in [0.2, 0.25) is 5.95 Å². The number of benzene rings is 1. The van der Waals surface area contributed by atoms with Crippen molar-refractivity contribution >= 4 is 21.7 Å². The fourth-order valence-electron chi connectivity index (χ4n) is 1.64. The highest BCUT2D eigenvalue weighted by atomic mass is 79.9. The first kappa shape index (κ1) is 13.0. The van der Waals surface area contributed by atoms with Crippen LogP contribution in [0.3, 0.4) is 0 Å². The molecule has 2 rings (SSSR count). The Hall–Kier alpha value is -1.49. The van der Waals surface area contributed by atoms with Crippen LogP contribution in [0.2, 0.25) is 0 Å². The molecule has 1 atom stereocenters. The van der Waals surface area contributed by atoms with E-state index in [1.165, 1.54) is 12.1 Å². The van der Waals surface area contributed by atoms with Gasteiger partial charge in [0.1, 0.15) is 11.6 Å². The van der Waals surface area contributed by atoms with Crippen molar-refractivity contribution < 1.29 is 8.78 Å². The number of anilines is 1. The second-order valence-electron chi connectivity index (χ2n) is 3.88. The number of rotatable bonds is 3. The summed E-state index contributed by atoms with van der Waals surface area (Å²) in [5, 5.41) is 2.95. The number of halogens is 3. The molecule has 0 aliphatic heterocycles. The Balaban J connectivity index is 2.19. The molecular weight excluding hydrogens is 302 g/mol. The first-order valence-electron chi connectivity index (χ1n) is 5.40. The Morgan fingerprint density at radius 2 is 2.00 bits per heavy atom. The molecule has 2 nitrogen and oxygen atoms in total. The molecule has 94 valence electrons. The minimum Gasteiger partial charge on any atom is -0.363 e. The van der Waals surface area contributed by atoms with Crippen molar-refractivity contribution in [2.24, 2.45) is 0 Å². The molecule has 1 unspecified atom stereocenters. The summed E-state index contributed by atoms with van der Waals surface area (Å²) >= 11 is 3.20. The van der Waals surface area contributed by atoms with Crippen LogP contribution in [0.5, 0.6) is 0 Å². The summed E-state index contributed by atoms with van der Waals surface area (Å²) in [6, 6.07) is 8.98. The Labute approximate surface area is 112 Å². The Morgan fingerprint density at radius 3 is 2.67 bits per heavy atom. The molecule has 1 aromatic carbocycles. The molecule has 0 aliphatic rings. The monoisotopic (exact) mass is 312 g/mol. The molecular formula is C13H11BrF2N2. The minimum absolute atomic E-state index is 0.299. The maximum absolute atomic E-state index is 13.7. The second kappa shape index (κ2) is 5.44. The van der Waals surface area contributed by atoms with Gasteiger partial charge in [-0.3, -0.25) is 0 Å². The number of aromatic nitrogens is 1. The smallest absolute Gasteiger partial charge is 0.214 e. The summed E-state index contributed by atoms with van der Waals surface area (Å²) in [5.74, 6) is -0.505. The van der Waals surface area contributed by atoms with E-state index in [9.17, 15) is 8.78 Å². The van der Waals surface area contributed by atoms with Gasteiger partial charge in [0.25, 0.3) is 0 Å². The van der Waals surface area contributed by atoms with E-state index in [1.54, 1.807) is 31.2 Å². The van der Waals surface area contributed by atoms with Crippen LogP contribution >= 0.6 is 15.9 Å². The van der Waals surface area contributed by atoms with Crippen LogP contribution < -0.4 is 5.32 Å². The molecule has 0 aliphatic carbocycles. The molecule has 0 radical (unpaired) electrons. The first-order chi connectivity index (χ1) is 8.56. The van der Waals surface area contributed by atoms with Crippen molar-refractivity contribution in [1.29, 1.82) is 0 Å². The Morgan fingerprint density at radius 1 is 1.22 bits per heavy atom. The van der Waals surface area contributed by atoms with E-state index in [0.717, 1.165) is 0 Å². The molecule has 0 amide bonds. The highest BCUT2D eigenvalue weighted by Gasteiger charge is 2.11. The summed E-state index contributed by atoms with van der Waals surface area (Å²) in [6.45, 7) is 1.79. The summed E-state index contributed by atoms with van der Waals surface area (Å²) in [4.78, 5) is 3.68. The quantitative estimate of drug-likeness (QED) is 0.855. The zero-order valence-corrected chi connectivity index (χ0v) is 11.2. The Bertz CT molecular complexity index is 560. The summed E-state index contributed by atoms with van der Waals surface area (Å²) in [5.41, 5.74) is 0.504. The molecule has 1 aromatic heterocycles. The van der Waals surface area contributed by atoms with Gasteiger partial charge in [-0.05, 0) is 31.2 Å². The first-order valence-corrected chi connectivity index (χ1v) is 6.19. The standard InChI is InChI=1S/C13H11BrF2N2/c1-8(10-6-5-9(14)7-11(10)15)17-13-4-2-3-12(16)18-13/h2-8H,1H3,(H,17,18). The van der Waals surface area contributed by atoms with Crippen molar-refractivity contribution in [3.63, 3.8) is 0 Å². The maximum Gasteiger partial charge on any atom is 0.214 e. The average Bonchev–Trinajstić information content (AvgIpc) is 2.28.